The van der Waals surface area contributed by atoms with Gasteiger partial charge in [-0.25, -0.2) is 0 Å². The molecule has 0 saturated heterocycles. The van der Waals surface area contributed by atoms with Gasteiger partial charge in [-0.3, -0.25) is 14.4 Å². The third-order valence-electron chi connectivity index (χ3n) is 3.71. The van der Waals surface area contributed by atoms with Gasteiger partial charge in [-0.05, 0) is 30.7 Å². The lowest BCUT2D eigenvalue weighted by molar-refractivity contribution is -0.143. The van der Waals surface area contributed by atoms with E-state index in [2.05, 4.69) is 5.32 Å². The number of benzene rings is 1. The lowest BCUT2D eigenvalue weighted by Gasteiger charge is -2.23. The molecule has 1 aromatic carbocycles. The zero-order chi connectivity index (χ0) is 17.8. The molecule has 0 spiro atoms. The molecule has 1 aliphatic rings. The number of carbonyl (C=O) groups excluding carboxylic acids is 3. The van der Waals surface area contributed by atoms with Crippen LogP contribution in [0.15, 0.2) is 41.3 Å². The van der Waals surface area contributed by atoms with E-state index in [1.165, 1.54) is 23.1 Å². The van der Waals surface area contributed by atoms with Crippen molar-refractivity contribution in [2.45, 2.75) is 29.9 Å². The molecule has 5 nitrogen and oxygen atoms in total. The normalized spacial score (nSPS) is 16.0. The summed E-state index contributed by atoms with van der Waals surface area (Å²) in [5.74, 6) is -0.991. The first kappa shape index (κ1) is 17.7. The first-order valence-electron chi connectivity index (χ1n) is 7.91. The van der Waals surface area contributed by atoms with Gasteiger partial charge in [0, 0.05) is 9.77 Å². The van der Waals surface area contributed by atoms with Crippen LogP contribution in [0.3, 0.4) is 0 Å². The van der Waals surface area contributed by atoms with Gasteiger partial charge in [0.1, 0.15) is 0 Å². The Morgan fingerprint density at radius 2 is 2.00 bits per heavy atom. The molecule has 0 fully saturated rings. The molecule has 0 saturated carbocycles. The lowest BCUT2D eigenvalue weighted by Crippen LogP contribution is -2.31. The average Bonchev–Trinajstić information content (AvgIpc) is 3.09. The summed E-state index contributed by atoms with van der Waals surface area (Å²) in [6.45, 7) is 1.73. The molecular formula is C18H17NO4S2. The summed E-state index contributed by atoms with van der Waals surface area (Å²) in [5.41, 5.74) is 0.752. The van der Waals surface area contributed by atoms with E-state index < -0.39 is 11.2 Å². The zero-order valence-corrected chi connectivity index (χ0v) is 15.2. The summed E-state index contributed by atoms with van der Waals surface area (Å²) < 4.78 is 5.07. The number of amides is 1. The van der Waals surface area contributed by atoms with E-state index in [-0.39, 0.29) is 24.7 Å². The molecule has 1 aliphatic heterocycles. The summed E-state index contributed by atoms with van der Waals surface area (Å²) in [5, 5.41) is 2.23. The Kier molecular flexibility index (Phi) is 5.55. The van der Waals surface area contributed by atoms with Crippen molar-refractivity contribution in [1.29, 1.82) is 0 Å². The Labute approximate surface area is 153 Å². The number of ether oxygens (including phenoxy) is 1. The van der Waals surface area contributed by atoms with Crippen LogP contribution in [-0.4, -0.2) is 29.5 Å². The van der Waals surface area contributed by atoms with E-state index in [0.717, 1.165) is 21.9 Å². The number of ketones is 1. The van der Waals surface area contributed by atoms with Crippen LogP contribution in [0.5, 0.6) is 0 Å². The molecule has 7 heteroatoms. The molecule has 0 unspecified atom stereocenters. The predicted octanol–water partition coefficient (Wildman–Crippen LogP) is 3.54. The number of rotatable bonds is 6. The Morgan fingerprint density at radius 3 is 2.76 bits per heavy atom. The highest BCUT2D eigenvalue weighted by Crippen LogP contribution is 2.36. The largest absolute Gasteiger partial charge is 0.457 e. The number of Topliss-reactive ketones (excluding diaryl/α,β-unsaturated/α-hetero) is 1. The smallest absolute Gasteiger partial charge is 0.307 e. The van der Waals surface area contributed by atoms with E-state index in [1.54, 1.807) is 6.07 Å². The minimum absolute atomic E-state index is 0.0667. The highest BCUT2D eigenvalue weighted by Gasteiger charge is 2.29. The number of fused-ring (bicyclic) bond motifs is 1. The number of nitrogens with one attached hydrogen (secondary N) is 1. The molecule has 3 rings (SSSR count). The molecule has 0 bridgehead atoms. The quantitative estimate of drug-likeness (QED) is 0.618. The highest BCUT2D eigenvalue weighted by molar-refractivity contribution is 8.01. The van der Waals surface area contributed by atoms with Crippen LogP contribution in [-0.2, 0) is 20.7 Å². The Morgan fingerprint density at radius 1 is 1.20 bits per heavy atom. The monoisotopic (exact) mass is 375 g/mol. The van der Waals surface area contributed by atoms with Crippen molar-refractivity contribution in [1.82, 2.24) is 0 Å². The number of thioether (sulfide) groups is 1. The lowest BCUT2D eigenvalue weighted by atomic mass is 10.2. The minimum Gasteiger partial charge on any atom is -0.457 e. The van der Waals surface area contributed by atoms with Crippen molar-refractivity contribution in [3.05, 3.63) is 46.2 Å². The van der Waals surface area contributed by atoms with Crippen molar-refractivity contribution >= 4 is 46.4 Å². The van der Waals surface area contributed by atoms with Crippen molar-refractivity contribution in [3.8, 4) is 0 Å². The van der Waals surface area contributed by atoms with Gasteiger partial charge in [0.05, 0.1) is 22.2 Å². The van der Waals surface area contributed by atoms with E-state index in [0.29, 0.717) is 4.88 Å². The molecule has 1 N–H and O–H groups in total. The maximum atomic E-state index is 12.1. The Bertz CT molecular complexity index is 815. The Balaban J connectivity index is 1.52. The van der Waals surface area contributed by atoms with Crippen molar-refractivity contribution in [2.75, 3.05) is 11.9 Å². The van der Waals surface area contributed by atoms with Crippen LogP contribution in [0.4, 0.5) is 5.69 Å². The van der Waals surface area contributed by atoms with Gasteiger partial charge in [-0.2, -0.15) is 0 Å². The summed E-state index contributed by atoms with van der Waals surface area (Å²) in [7, 11) is 0. The number of anilines is 1. The third-order valence-corrected chi connectivity index (χ3v) is 6.25. The van der Waals surface area contributed by atoms with Crippen LogP contribution in [0.1, 0.15) is 27.9 Å². The maximum absolute atomic E-state index is 12.1. The van der Waals surface area contributed by atoms with Gasteiger partial charge in [0.25, 0.3) is 0 Å². The average molecular weight is 375 g/mol. The first-order chi connectivity index (χ1) is 12.1. The second kappa shape index (κ2) is 7.84. The standard InChI is InChI=1S/C18H17NO4S2/c1-2-11-7-8-15(24-11)13(20)10-23-17(21)9-16-18(22)19-12-5-3-4-6-14(12)25-16/h3-8,16H,2,9-10H2,1H3,(H,19,22)/t16-/m1/s1. The molecule has 130 valence electrons. The fraction of sp³-hybridized carbons (Fsp3) is 0.278. The molecule has 1 amide bonds. The summed E-state index contributed by atoms with van der Waals surface area (Å²) in [6, 6.07) is 11.1. The van der Waals surface area contributed by atoms with Crippen molar-refractivity contribution in [3.63, 3.8) is 0 Å². The Hall–Kier alpha value is -2.12. The fourth-order valence-electron chi connectivity index (χ4n) is 2.37. The molecule has 2 heterocycles. The summed E-state index contributed by atoms with van der Waals surface area (Å²) >= 11 is 2.75. The molecule has 0 aliphatic carbocycles. The van der Waals surface area contributed by atoms with Gasteiger partial charge >= 0.3 is 5.97 Å². The van der Waals surface area contributed by atoms with Crippen LogP contribution in [0.25, 0.3) is 0 Å². The second-order valence-corrected chi connectivity index (χ2v) is 7.91. The van der Waals surface area contributed by atoms with Gasteiger partial charge in [0.2, 0.25) is 11.7 Å². The minimum atomic E-state index is -0.550. The van der Waals surface area contributed by atoms with Crippen molar-refractivity contribution < 1.29 is 19.1 Å². The number of para-hydroxylation sites is 1. The molecule has 25 heavy (non-hydrogen) atoms. The van der Waals surface area contributed by atoms with E-state index in [4.69, 9.17) is 4.74 Å². The summed E-state index contributed by atoms with van der Waals surface area (Å²) in [4.78, 5) is 38.8. The maximum Gasteiger partial charge on any atom is 0.307 e. The van der Waals surface area contributed by atoms with Gasteiger partial charge < -0.3 is 10.1 Å². The molecular weight excluding hydrogens is 358 g/mol. The topological polar surface area (TPSA) is 72.5 Å². The highest BCUT2D eigenvalue weighted by atomic mass is 32.2. The zero-order valence-electron chi connectivity index (χ0n) is 13.6. The van der Waals surface area contributed by atoms with Gasteiger partial charge in [-0.15, -0.1) is 23.1 Å². The van der Waals surface area contributed by atoms with E-state index in [1.807, 2.05) is 37.3 Å². The van der Waals surface area contributed by atoms with Crippen molar-refractivity contribution in [2.24, 2.45) is 0 Å². The summed E-state index contributed by atoms with van der Waals surface area (Å²) in [6.07, 6.45) is 0.802. The van der Waals surface area contributed by atoms with E-state index >= 15 is 0 Å². The number of aryl methyl sites for hydroxylation is 1. The fourth-order valence-corrected chi connectivity index (χ4v) is 4.34. The number of hydrogen-bond acceptors (Lipinski definition) is 6. The van der Waals surface area contributed by atoms with Crippen LogP contribution in [0.2, 0.25) is 0 Å². The molecule has 1 atom stereocenters. The molecule has 0 radical (unpaired) electrons. The second-order valence-electron chi connectivity index (χ2n) is 5.50. The number of hydrogen-bond donors (Lipinski definition) is 1. The SMILES string of the molecule is CCc1ccc(C(=O)COC(=O)C[C@H]2Sc3ccccc3NC2=O)s1. The number of esters is 1. The number of thiophene rings is 1. The predicted molar refractivity (Wildman–Crippen MR) is 98.3 cm³/mol. The van der Waals surface area contributed by atoms with Crippen LogP contribution < -0.4 is 5.32 Å². The van der Waals surface area contributed by atoms with Gasteiger partial charge in [-0.1, -0.05) is 19.1 Å². The molecule has 1 aromatic heterocycles. The van der Waals surface area contributed by atoms with Crippen LogP contribution in [0, 0.1) is 0 Å². The van der Waals surface area contributed by atoms with Crippen LogP contribution >= 0.6 is 23.1 Å². The first-order valence-corrected chi connectivity index (χ1v) is 9.60. The van der Waals surface area contributed by atoms with E-state index in [9.17, 15) is 14.4 Å². The number of carbonyl (C=O) groups is 3. The third kappa shape index (κ3) is 4.29. The van der Waals surface area contributed by atoms with Gasteiger partial charge in [0.15, 0.2) is 6.61 Å². The molecule has 2 aromatic rings.